The minimum atomic E-state index is -1.06. The smallest absolute Gasteiger partial charge is 0.118 e. The van der Waals surface area contributed by atoms with Crippen molar-refractivity contribution in [2.45, 2.75) is 19.5 Å². The first-order chi connectivity index (χ1) is 5.47. The Hall–Kier alpha value is -0.150. The summed E-state index contributed by atoms with van der Waals surface area (Å²) in [6, 6.07) is 0. The molecular weight excluding hydrogens is 155 g/mol. The van der Waals surface area contributed by atoms with Gasteiger partial charge < -0.3 is 10.2 Å². The second kappa shape index (κ2) is 3.71. The lowest BCUT2D eigenvalue weighted by Crippen LogP contribution is -2.49. The molecule has 0 radical (unpaired) electrons. The van der Waals surface area contributed by atoms with Gasteiger partial charge >= 0.3 is 0 Å². The fourth-order valence-corrected chi connectivity index (χ4v) is 1.62. The van der Waals surface area contributed by atoms with Crippen molar-refractivity contribution in [1.29, 1.82) is 0 Å². The zero-order chi connectivity index (χ0) is 9.19. The van der Waals surface area contributed by atoms with E-state index in [1.807, 2.05) is 7.05 Å². The van der Waals surface area contributed by atoms with E-state index in [4.69, 9.17) is 0 Å². The molecule has 0 aromatic rings. The van der Waals surface area contributed by atoms with Crippen molar-refractivity contribution < 1.29 is 4.39 Å². The summed E-state index contributed by atoms with van der Waals surface area (Å²) >= 11 is 0. The summed E-state index contributed by atoms with van der Waals surface area (Å²) in [5.74, 6) is 0.734. The van der Waals surface area contributed by atoms with Crippen LogP contribution in [0.4, 0.5) is 4.39 Å². The lowest BCUT2D eigenvalue weighted by molar-refractivity contribution is 0.122. The molecule has 72 valence electrons. The molecule has 0 aromatic heterocycles. The van der Waals surface area contributed by atoms with Gasteiger partial charge in [-0.15, -0.1) is 0 Å². The van der Waals surface area contributed by atoms with Gasteiger partial charge in [0.25, 0.3) is 0 Å². The highest BCUT2D eigenvalue weighted by Crippen LogP contribution is 2.12. The Morgan fingerprint density at radius 3 is 2.42 bits per heavy atom. The highest BCUT2D eigenvalue weighted by Gasteiger charge is 2.22. The first kappa shape index (κ1) is 9.93. The van der Waals surface area contributed by atoms with Crippen LogP contribution in [0.5, 0.6) is 0 Å². The van der Waals surface area contributed by atoms with Crippen molar-refractivity contribution >= 4 is 0 Å². The Bertz CT molecular complexity index is 138. The van der Waals surface area contributed by atoms with Crippen LogP contribution < -0.4 is 5.32 Å². The second-order valence-electron chi connectivity index (χ2n) is 4.44. The summed E-state index contributed by atoms with van der Waals surface area (Å²) in [4.78, 5) is 2.07. The molecule has 1 aliphatic rings. The van der Waals surface area contributed by atoms with Crippen LogP contribution in [0.1, 0.15) is 13.8 Å². The Labute approximate surface area is 74.1 Å². The van der Waals surface area contributed by atoms with E-state index >= 15 is 0 Å². The van der Waals surface area contributed by atoms with Crippen molar-refractivity contribution in [2.24, 2.45) is 5.92 Å². The van der Waals surface area contributed by atoms with E-state index in [1.54, 1.807) is 13.8 Å². The molecule has 3 heteroatoms. The van der Waals surface area contributed by atoms with E-state index in [9.17, 15) is 4.39 Å². The molecule has 0 atom stereocenters. The normalized spacial score (nSPS) is 19.8. The highest BCUT2D eigenvalue weighted by atomic mass is 19.1. The SMILES string of the molecule is CN(CC1CNC1)CC(C)(C)F. The van der Waals surface area contributed by atoms with Crippen LogP contribution in [-0.4, -0.2) is 43.8 Å². The largest absolute Gasteiger partial charge is 0.316 e. The summed E-state index contributed by atoms with van der Waals surface area (Å²) in [7, 11) is 1.99. The number of nitrogens with zero attached hydrogens (tertiary/aromatic N) is 1. The first-order valence-corrected chi connectivity index (χ1v) is 4.55. The molecule has 1 N–H and O–H groups in total. The molecule has 0 spiro atoms. The van der Waals surface area contributed by atoms with E-state index in [0.29, 0.717) is 6.54 Å². The van der Waals surface area contributed by atoms with E-state index in [0.717, 1.165) is 25.6 Å². The summed E-state index contributed by atoms with van der Waals surface area (Å²) in [5, 5.41) is 3.21. The molecule has 0 unspecified atom stereocenters. The van der Waals surface area contributed by atoms with Crippen molar-refractivity contribution in [2.75, 3.05) is 33.2 Å². The number of nitrogens with one attached hydrogen (secondary N) is 1. The molecule has 1 aliphatic heterocycles. The van der Waals surface area contributed by atoms with Crippen LogP contribution >= 0.6 is 0 Å². The topological polar surface area (TPSA) is 15.3 Å². The molecular formula is C9H19FN2. The molecule has 1 heterocycles. The third-order valence-corrected chi connectivity index (χ3v) is 2.08. The minimum absolute atomic E-state index is 0.531. The third kappa shape index (κ3) is 3.50. The predicted octanol–water partition coefficient (Wildman–Crippen LogP) is 0.886. The fraction of sp³-hybridized carbons (Fsp3) is 1.00. The van der Waals surface area contributed by atoms with Gasteiger partial charge in [-0.25, -0.2) is 4.39 Å². The highest BCUT2D eigenvalue weighted by molar-refractivity contribution is 4.79. The lowest BCUT2D eigenvalue weighted by atomic mass is 10.0. The van der Waals surface area contributed by atoms with Crippen molar-refractivity contribution in [3.8, 4) is 0 Å². The standard InChI is InChI=1S/C9H19FN2/c1-9(2,10)7-12(3)6-8-4-11-5-8/h8,11H,4-7H2,1-3H3. The Kier molecular flexibility index (Phi) is 3.07. The van der Waals surface area contributed by atoms with Gasteiger partial charge in [0.2, 0.25) is 0 Å². The van der Waals surface area contributed by atoms with Gasteiger partial charge in [0, 0.05) is 26.2 Å². The zero-order valence-corrected chi connectivity index (χ0v) is 8.23. The number of hydrogen-bond donors (Lipinski definition) is 1. The minimum Gasteiger partial charge on any atom is -0.316 e. The van der Waals surface area contributed by atoms with Gasteiger partial charge in [-0.1, -0.05) is 0 Å². The maximum atomic E-state index is 13.2. The van der Waals surface area contributed by atoms with Crippen LogP contribution in [0.25, 0.3) is 0 Å². The second-order valence-corrected chi connectivity index (χ2v) is 4.44. The van der Waals surface area contributed by atoms with Crippen LogP contribution in [0.15, 0.2) is 0 Å². The Balaban J connectivity index is 2.14. The average molecular weight is 174 g/mol. The molecule has 1 saturated heterocycles. The number of alkyl halides is 1. The molecule has 12 heavy (non-hydrogen) atoms. The van der Waals surface area contributed by atoms with Gasteiger partial charge in [-0.05, 0) is 26.8 Å². The third-order valence-electron chi connectivity index (χ3n) is 2.08. The number of rotatable bonds is 4. The summed E-state index contributed by atoms with van der Waals surface area (Å²) in [5.41, 5.74) is -1.06. The van der Waals surface area contributed by atoms with Gasteiger partial charge in [0.1, 0.15) is 5.67 Å². The maximum absolute atomic E-state index is 13.2. The predicted molar refractivity (Wildman–Crippen MR) is 49.0 cm³/mol. The molecule has 1 rings (SSSR count). The molecule has 1 fully saturated rings. The van der Waals surface area contributed by atoms with Crippen LogP contribution in [0.2, 0.25) is 0 Å². The number of halogens is 1. The van der Waals surface area contributed by atoms with Gasteiger partial charge in [-0.3, -0.25) is 0 Å². The van der Waals surface area contributed by atoms with E-state index < -0.39 is 5.67 Å². The molecule has 0 bridgehead atoms. The molecule has 0 saturated carbocycles. The summed E-state index contributed by atoms with van der Waals surface area (Å²) < 4.78 is 13.2. The van der Waals surface area contributed by atoms with Crippen molar-refractivity contribution in [3.63, 3.8) is 0 Å². The van der Waals surface area contributed by atoms with E-state index in [-0.39, 0.29) is 0 Å². The lowest BCUT2D eigenvalue weighted by Gasteiger charge is -2.33. The van der Waals surface area contributed by atoms with Crippen LogP contribution in [-0.2, 0) is 0 Å². The molecule has 0 aliphatic carbocycles. The zero-order valence-electron chi connectivity index (χ0n) is 8.23. The van der Waals surface area contributed by atoms with E-state index in [2.05, 4.69) is 10.2 Å². The van der Waals surface area contributed by atoms with Gasteiger partial charge in [-0.2, -0.15) is 0 Å². The number of hydrogen-bond acceptors (Lipinski definition) is 2. The molecule has 0 amide bonds. The van der Waals surface area contributed by atoms with Crippen LogP contribution in [0.3, 0.4) is 0 Å². The summed E-state index contributed by atoms with van der Waals surface area (Å²) in [6.07, 6.45) is 0. The molecule has 2 nitrogen and oxygen atoms in total. The average Bonchev–Trinajstić information content (AvgIpc) is 1.74. The van der Waals surface area contributed by atoms with Crippen molar-refractivity contribution in [1.82, 2.24) is 10.2 Å². The van der Waals surface area contributed by atoms with Crippen LogP contribution in [0, 0.1) is 5.92 Å². The Morgan fingerprint density at radius 1 is 1.50 bits per heavy atom. The molecule has 0 aromatic carbocycles. The fourth-order valence-electron chi connectivity index (χ4n) is 1.62. The van der Waals surface area contributed by atoms with Gasteiger partial charge in [0.15, 0.2) is 0 Å². The maximum Gasteiger partial charge on any atom is 0.118 e. The van der Waals surface area contributed by atoms with Gasteiger partial charge in [0.05, 0.1) is 0 Å². The van der Waals surface area contributed by atoms with Crippen molar-refractivity contribution in [3.05, 3.63) is 0 Å². The Morgan fingerprint density at radius 2 is 2.08 bits per heavy atom. The first-order valence-electron chi connectivity index (χ1n) is 4.55. The van der Waals surface area contributed by atoms with E-state index in [1.165, 1.54) is 0 Å². The monoisotopic (exact) mass is 174 g/mol. The quantitative estimate of drug-likeness (QED) is 0.681. The summed E-state index contributed by atoms with van der Waals surface area (Å²) in [6.45, 7) is 6.99.